The van der Waals surface area contributed by atoms with Gasteiger partial charge < -0.3 is 0 Å². The van der Waals surface area contributed by atoms with E-state index in [9.17, 15) is 0 Å². The van der Waals surface area contributed by atoms with Crippen LogP contribution >= 0.6 is 24.4 Å². The lowest BCUT2D eigenvalue weighted by molar-refractivity contribution is 0.532. The van der Waals surface area contributed by atoms with Crippen molar-refractivity contribution in [1.82, 2.24) is 0 Å². The lowest BCUT2D eigenvalue weighted by atomic mass is 10.1. The Hall–Kier alpha value is 0.700. The average Bonchev–Trinajstić information content (AvgIpc) is 2.17. The molecule has 0 bridgehead atoms. The van der Waals surface area contributed by atoms with E-state index in [0.29, 0.717) is 10.7 Å². The normalized spacial score (nSPS) is 17.1. The molecule has 0 aromatic rings. The molecule has 0 fully saturated rings. The van der Waals surface area contributed by atoms with Crippen LogP contribution in [0.2, 0.25) is 0 Å². The SMILES string of the molecule is CCC(C)(CC)SC(S)(CC)C(C)C. The Bertz CT molecular complexity index is 162. The summed E-state index contributed by atoms with van der Waals surface area (Å²) in [6, 6.07) is 0. The summed E-state index contributed by atoms with van der Waals surface area (Å²) >= 11 is 6.94. The lowest BCUT2D eigenvalue weighted by Crippen LogP contribution is -2.32. The van der Waals surface area contributed by atoms with Crippen molar-refractivity contribution in [2.24, 2.45) is 5.92 Å². The number of hydrogen-bond donors (Lipinski definition) is 1. The van der Waals surface area contributed by atoms with Crippen LogP contribution in [0.4, 0.5) is 0 Å². The van der Waals surface area contributed by atoms with Crippen LogP contribution in [0.25, 0.3) is 0 Å². The Labute approximate surface area is 100 Å². The topological polar surface area (TPSA) is 0 Å². The summed E-state index contributed by atoms with van der Waals surface area (Å²) in [5.41, 5.74) is 0. The minimum absolute atomic E-state index is 0.140. The Morgan fingerprint density at radius 1 is 1.07 bits per heavy atom. The molecule has 0 rings (SSSR count). The molecule has 0 aliphatic rings. The first-order chi connectivity index (χ1) is 6.33. The maximum absolute atomic E-state index is 4.88. The molecule has 0 aromatic heterocycles. The molecule has 0 saturated heterocycles. The van der Waals surface area contributed by atoms with Crippen LogP contribution in [0, 0.1) is 5.92 Å². The lowest BCUT2D eigenvalue weighted by Gasteiger charge is -2.39. The zero-order valence-corrected chi connectivity index (χ0v) is 12.3. The van der Waals surface area contributed by atoms with Crippen molar-refractivity contribution < 1.29 is 0 Å². The van der Waals surface area contributed by atoms with E-state index in [4.69, 9.17) is 12.6 Å². The van der Waals surface area contributed by atoms with E-state index in [1.165, 1.54) is 12.8 Å². The summed E-state index contributed by atoms with van der Waals surface area (Å²) in [7, 11) is 0. The van der Waals surface area contributed by atoms with Crippen LogP contribution in [0.3, 0.4) is 0 Å². The first kappa shape index (κ1) is 14.7. The highest BCUT2D eigenvalue weighted by atomic mass is 32.2. The van der Waals surface area contributed by atoms with Gasteiger partial charge in [0.05, 0.1) is 4.08 Å². The molecule has 2 heteroatoms. The standard InChI is InChI=1S/C12H26S2/c1-7-11(6,8-2)14-12(13,9-3)10(4)5/h10,13H,7-9H2,1-6H3. The van der Waals surface area contributed by atoms with Gasteiger partial charge >= 0.3 is 0 Å². The molecule has 0 nitrogen and oxygen atoms in total. The van der Waals surface area contributed by atoms with Crippen LogP contribution in [0.5, 0.6) is 0 Å². The van der Waals surface area contributed by atoms with Crippen molar-refractivity contribution >= 4 is 24.4 Å². The highest BCUT2D eigenvalue weighted by molar-refractivity contribution is 8.12. The first-order valence-corrected chi connectivity index (χ1v) is 7.02. The summed E-state index contributed by atoms with van der Waals surface area (Å²) < 4.78 is 0.531. The number of thiol groups is 1. The van der Waals surface area contributed by atoms with Gasteiger partial charge in [-0.05, 0) is 25.2 Å². The summed E-state index contributed by atoms with van der Waals surface area (Å²) in [5, 5.41) is 0. The van der Waals surface area contributed by atoms with Crippen LogP contribution in [0.1, 0.15) is 60.8 Å². The van der Waals surface area contributed by atoms with E-state index in [0.717, 1.165) is 6.42 Å². The predicted octanol–water partition coefficient (Wildman–Crippen LogP) is 4.99. The van der Waals surface area contributed by atoms with Gasteiger partial charge in [0.25, 0.3) is 0 Å². The second-order valence-electron chi connectivity index (χ2n) is 4.61. The van der Waals surface area contributed by atoms with E-state index >= 15 is 0 Å². The average molecular weight is 234 g/mol. The maximum atomic E-state index is 4.88. The second-order valence-corrected chi connectivity index (χ2v) is 7.63. The Kier molecular flexibility index (Phi) is 5.98. The van der Waals surface area contributed by atoms with E-state index in [2.05, 4.69) is 53.3 Å². The van der Waals surface area contributed by atoms with Gasteiger partial charge in [0.1, 0.15) is 0 Å². The Morgan fingerprint density at radius 2 is 1.50 bits per heavy atom. The summed E-state index contributed by atoms with van der Waals surface area (Å²) in [4.78, 5) is 0. The maximum Gasteiger partial charge on any atom is 0.0607 e. The molecule has 1 atom stereocenters. The van der Waals surface area contributed by atoms with Gasteiger partial charge in [0, 0.05) is 4.75 Å². The zero-order valence-electron chi connectivity index (χ0n) is 10.6. The third-order valence-electron chi connectivity index (χ3n) is 3.33. The minimum atomic E-state index is 0.140. The summed E-state index contributed by atoms with van der Waals surface area (Å²) in [6.07, 6.45) is 3.58. The molecule has 0 N–H and O–H groups in total. The van der Waals surface area contributed by atoms with E-state index in [1.807, 2.05) is 0 Å². The van der Waals surface area contributed by atoms with Crippen LogP contribution < -0.4 is 0 Å². The zero-order chi connectivity index (χ0) is 11.4. The molecule has 0 radical (unpaired) electrons. The predicted molar refractivity (Wildman–Crippen MR) is 73.4 cm³/mol. The van der Waals surface area contributed by atoms with Gasteiger partial charge in [-0.3, -0.25) is 0 Å². The molecule has 1 unspecified atom stereocenters. The molecule has 0 aromatic carbocycles. The largest absolute Gasteiger partial charge is 0.161 e. The van der Waals surface area contributed by atoms with Gasteiger partial charge in [-0.25, -0.2) is 0 Å². The second kappa shape index (κ2) is 5.69. The van der Waals surface area contributed by atoms with E-state index in [-0.39, 0.29) is 4.08 Å². The molecular weight excluding hydrogens is 208 g/mol. The van der Waals surface area contributed by atoms with Crippen molar-refractivity contribution in [3.05, 3.63) is 0 Å². The summed E-state index contributed by atoms with van der Waals surface area (Å²) in [5.74, 6) is 0.623. The quantitative estimate of drug-likeness (QED) is 0.499. The highest BCUT2D eigenvalue weighted by Gasteiger charge is 2.35. The number of rotatable bonds is 6. The molecule has 0 amide bonds. The highest BCUT2D eigenvalue weighted by Crippen LogP contribution is 2.49. The van der Waals surface area contributed by atoms with Gasteiger partial charge in [0.15, 0.2) is 0 Å². The van der Waals surface area contributed by atoms with Crippen LogP contribution in [-0.2, 0) is 0 Å². The molecule has 0 saturated carbocycles. The fourth-order valence-electron chi connectivity index (χ4n) is 1.42. The van der Waals surface area contributed by atoms with Crippen molar-refractivity contribution in [2.75, 3.05) is 0 Å². The van der Waals surface area contributed by atoms with Gasteiger partial charge in [-0.15, -0.1) is 11.8 Å². The Balaban J connectivity index is 4.59. The van der Waals surface area contributed by atoms with Gasteiger partial charge in [-0.1, -0.05) is 41.5 Å². The number of thioether (sulfide) groups is 1. The molecule has 14 heavy (non-hydrogen) atoms. The van der Waals surface area contributed by atoms with Crippen molar-refractivity contribution in [1.29, 1.82) is 0 Å². The van der Waals surface area contributed by atoms with E-state index < -0.39 is 0 Å². The molecule has 0 aliphatic carbocycles. The first-order valence-electron chi connectivity index (χ1n) is 5.76. The monoisotopic (exact) mass is 234 g/mol. The van der Waals surface area contributed by atoms with Crippen LogP contribution in [-0.4, -0.2) is 8.83 Å². The minimum Gasteiger partial charge on any atom is -0.161 e. The molecular formula is C12H26S2. The van der Waals surface area contributed by atoms with Crippen molar-refractivity contribution in [2.45, 2.75) is 69.6 Å². The fourth-order valence-corrected chi connectivity index (χ4v) is 3.60. The van der Waals surface area contributed by atoms with E-state index in [1.54, 1.807) is 0 Å². The fraction of sp³-hybridized carbons (Fsp3) is 1.00. The Morgan fingerprint density at radius 3 is 1.71 bits per heavy atom. The van der Waals surface area contributed by atoms with Gasteiger partial charge in [0.2, 0.25) is 0 Å². The molecule has 0 spiro atoms. The smallest absolute Gasteiger partial charge is 0.0607 e. The molecule has 0 heterocycles. The summed E-state index contributed by atoms with van der Waals surface area (Å²) in [6.45, 7) is 13.7. The number of hydrogen-bond acceptors (Lipinski definition) is 2. The van der Waals surface area contributed by atoms with Crippen molar-refractivity contribution in [3.8, 4) is 0 Å². The van der Waals surface area contributed by atoms with Crippen molar-refractivity contribution in [3.63, 3.8) is 0 Å². The molecule has 0 aliphatic heterocycles. The van der Waals surface area contributed by atoms with Gasteiger partial charge in [-0.2, -0.15) is 12.6 Å². The van der Waals surface area contributed by atoms with Crippen LogP contribution in [0.15, 0.2) is 0 Å². The third-order valence-corrected chi connectivity index (χ3v) is 6.62. The third kappa shape index (κ3) is 3.69. The molecule has 86 valence electrons.